The Hall–Kier alpha value is -0.460. The standard InChI is InChI=1S/C12H22F2N2O2.ClH/c1-18-6-5-16(8-11(13)14)12(17)9-3-2-4-10(15)7-9;/h9-11H,2-8,15H2,1H3;1H. The first kappa shape index (κ1) is 18.5. The number of hydrogen-bond acceptors (Lipinski definition) is 3. The number of alkyl halides is 2. The van der Waals surface area contributed by atoms with Crippen molar-refractivity contribution in [3.05, 3.63) is 0 Å². The molecule has 1 fully saturated rings. The van der Waals surface area contributed by atoms with Gasteiger partial charge in [-0.3, -0.25) is 4.79 Å². The van der Waals surface area contributed by atoms with E-state index in [1.54, 1.807) is 0 Å². The van der Waals surface area contributed by atoms with Crippen LogP contribution in [0.15, 0.2) is 0 Å². The summed E-state index contributed by atoms with van der Waals surface area (Å²) < 4.78 is 29.8. The van der Waals surface area contributed by atoms with Crippen molar-refractivity contribution in [1.29, 1.82) is 0 Å². The normalized spacial score (nSPS) is 23.0. The largest absolute Gasteiger partial charge is 0.383 e. The molecule has 0 heterocycles. The van der Waals surface area contributed by atoms with Gasteiger partial charge in [0, 0.05) is 25.6 Å². The lowest BCUT2D eigenvalue weighted by Crippen LogP contribution is -2.44. The van der Waals surface area contributed by atoms with Crippen molar-refractivity contribution in [2.75, 3.05) is 26.8 Å². The maximum absolute atomic E-state index is 12.5. The Morgan fingerprint density at radius 3 is 2.68 bits per heavy atom. The molecule has 0 aromatic rings. The van der Waals surface area contributed by atoms with Gasteiger partial charge in [0.05, 0.1) is 13.2 Å². The Morgan fingerprint density at radius 1 is 1.47 bits per heavy atom. The van der Waals surface area contributed by atoms with Crippen LogP contribution in [0, 0.1) is 5.92 Å². The van der Waals surface area contributed by atoms with E-state index in [0.717, 1.165) is 19.3 Å². The quantitative estimate of drug-likeness (QED) is 0.812. The lowest BCUT2D eigenvalue weighted by atomic mass is 9.85. The number of rotatable bonds is 6. The zero-order valence-corrected chi connectivity index (χ0v) is 12.0. The van der Waals surface area contributed by atoms with E-state index < -0.39 is 13.0 Å². The van der Waals surface area contributed by atoms with E-state index in [1.165, 1.54) is 12.0 Å². The molecule has 7 heteroatoms. The molecule has 1 rings (SSSR count). The lowest BCUT2D eigenvalue weighted by Gasteiger charge is -2.31. The summed E-state index contributed by atoms with van der Waals surface area (Å²) in [7, 11) is 1.49. The second kappa shape index (κ2) is 9.44. The van der Waals surface area contributed by atoms with Crippen molar-refractivity contribution >= 4 is 18.3 Å². The maximum Gasteiger partial charge on any atom is 0.255 e. The van der Waals surface area contributed by atoms with Gasteiger partial charge >= 0.3 is 0 Å². The SMILES string of the molecule is COCCN(CC(F)F)C(=O)C1CCCC(N)C1.Cl. The Morgan fingerprint density at radius 2 is 2.16 bits per heavy atom. The fourth-order valence-electron chi connectivity index (χ4n) is 2.37. The molecule has 4 nitrogen and oxygen atoms in total. The molecule has 1 saturated carbocycles. The number of nitrogens with two attached hydrogens (primary N) is 1. The molecule has 0 aromatic carbocycles. The smallest absolute Gasteiger partial charge is 0.255 e. The van der Waals surface area contributed by atoms with Crippen molar-refractivity contribution in [2.24, 2.45) is 11.7 Å². The molecule has 0 bridgehead atoms. The number of methoxy groups -OCH3 is 1. The van der Waals surface area contributed by atoms with Crippen LogP contribution in [-0.2, 0) is 9.53 Å². The second-order valence-electron chi connectivity index (χ2n) is 4.79. The first-order valence-electron chi connectivity index (χ1n) is 6.36. The van der Waals surface area contributed by atoms with Crippen LogP contribution < -0.4 is 5.73 Å². The highest BCUT2D eigenvalue weighted by molar-refractivity contribution is 5.85. The Kier molecular flexibility index (Phi) is 9.22. The molecule has 114 valence electrons. The molecule has 2 atom stereocenters. The highest BCUT2D eigenvalue weighted by atomic mass is 35.5. The van der Waals surface area contributed by atoms with E-state index in [2.05, 4.69) is 0 Å². The molecule has 0 aliphatic heterocycles. The molecule has 1 amide bonds. The molecule has 0 aromatic heterocycles. The molecular weight excluding hydrogens is 278 g/mol. The van der Waals surface area contributed by atoms with Gasteiger partial charge in [-0.15, -0.1) is 12.4 Å². The molecule has 19 heavy (non-hydrogen) atoms. The first-order valence-corrected chi connectivity index (χ1v) is 6.36. The molecule has 0 saturated heterocycles. The molecular formula is C12H23ClF2N2O2. The fraction of sp³-hybridized carbons (Fsp3) is 0.917. The highest BCUT2D eigenvalue weighted by Gasteiger charge is 2.29. The second-order valence-corrected chi connectivity index (χ2v) is 4.79. The van der Waals surface area contributed by atoms with Crippen LogP contribution in [-0.4, -0.2) is 50.1 Å². The van der Waals surface area contributed by atoms with E-state index in [1.807, 2.05) is 0 Å². The van der Waals surface area contributed by atoms with Gasteiger partial charge in [-0.1, -0.05) is 6.42 Å². The zero-order chi connectivity index (χ0) is 13.5. The van der Waals surface area contributed by atoms with Crippen LogP contribution in [0.4, 0.5) is 8.78 Å². The maximum atomic E-state index is 12.5. The summed E-state index contributed by atoms with van der Waals surface area (Å²) in [4.78, 5) is 13.4. The topological polar surface area (TPSA) is 55.6 Å². The van der Waals surface area contributed by atoms with E-state index >= 15 is 0 Å². The average molecular weight is 301 g/mol. The average Bonchev–Trinajstić information content (AvgIpc) is 2.33. The number of hydrogen-bond donors (Lipinski definition) is 1. The third-order valence-electron chi connectivity index (χ3n) is 3.30. The summed E-state index contributed by atoms with van der Waals surface area (Å²) >= 11 is 0. The Labute approximate surface area is 119 Å². The molecule has 1 aliphatic rings. The zero-order valence-electron chi connectivity index (χ0n) is 11.2. The van der Waals surface area contributed by atoms with Crippen molar-refractivity contribution < 1.29 is 18.3 Å². The van der Waals surface area contributed by atoms with Gasteiger partial charge < -0.3 is 15.4 Å². The minimum atomic E-state index is -2.51. The number of halogens is 3. The molecule has 1 aliphatic carbocycles. The van der Waals surface area contributed by atoms with E-state index in [9.17, 15) is 13.6 Å². The minimum Gasteiger partial charge on any atom is -0.383 e. The van der Waals surface area contributed by atoms with Crippen molar-refractivity contribution in [1.82, 2.24) is 4.90 Å². The van der Waals surface area contributed by atoms with Gasteiger partial charge in [0.15, 0.2) is 0 Å². The summed E-state index contributed by atoms with van der Waals surface area (Å²) in [5.41, 5.74) is 5.82. The van der Waals surface area contributed by atoms with Gasteiger partial charge in [0.1, 0.15) is 0 Å². The Bertz CT molecular complexity index is 270. The molecule has 0 radical (unpaired) electrons. The minimum absolute atomic E-state index is 0. The van der Waals surface area contributed by atoms with Gasteiger partial charge in [0.2, 0.25) is 5.91 Å². The van der Waals surface area contributed by atoms with Crippen LogP contribution in [0.2, 0.25) is 0 Å². The van der Waals surface area contributed by atoms with Gasteiger partial charge in [-0.2, -0.15) is 0 Å². The summed E-state index contributed by atoms with van der Waals surface area (Å²) in [6.07, 6.45) is 0.648. The number of carbonyl (C=O) groups excluding carboxylic acids is 1. The van der Waals surface area contributed by atoms with Crippen molar-refractivity contribution in [3.63, 3.8) is 0 Å². The van der Waals surface area contributed by atoms with Gasteiger partial charge in [0.25, 0.3) is 6.43 Å². The van der Waals surface area contributed by atoms with Gasteiger partial charge in [-0.25, -0.2) is 8.78 Å². The summed E-state index contributed by atoms with van der Waals surface area (Å²) in [5, 5.41) is 0. The number of amides is 1. The highest BCUT2D eigenvalue weighted by Crippen LogP contribution is 2.25. The summed E-state index contributed by atoms with van der Waals surface area (Å²) in [5.74, 6) is -0.410. The van der Waals surface area contributed by atoms with E-state index in [-0.39, 0.29) is 43.4 Å². The molecule has 2 unspecified atom stereocenters. The van der Waals surface area contributed by atoms with Crippen LogP contribution in [0.3, 0.4) is 0 Å². The van der Waals surface area contributed by atoms with Crippen LogP contribution >= 0.6 is 12.4 Å². The Balaban J connectivity index is 0.00000324. The molecule has 0 spiro atoms. The molecule has 2 N–H and O–H groups in total. The third-order valence-corrected chi connectivity index (χ3v) is 3.30. The van der Waals surface area contributed by atoms with E-state index in [0.29, 0.717) is 6.42 Å². The van der Waals surface area contributed by atoms with Crippen molar-refractivity contribution in [3.8, 4) is 0 Å². The summed E-state index contributed by atoms with van der Waals surface area (Å²) in [6, 6.07) is 0.0172. The summed E-state index contributed by atoms with van der Waals surface area (Å²) in [6.45, 7) is -0.0312. The van der Waals surface area contributed by atoms with Crippen LogP contribution in [0.5, 0.6) is 0 Å². The lowest BCUT2D eigenvalue weighted by molar-refractivity contribution is -0.139. The van der Waals surface area contributed by atoms with Crippen molar-refractivity contribution in [2.45, 2.75) is 38.2 Å². The third kappa shape index (κ3) is 6.49. The fourth-order valence-corrected chi connectivity index (χ4v) is 2.37. The van der Waals surface area contributed by atoms with Gasteiger partial charge in [-0.05, 0) is 19.3 Å². The predicted octanol–water partition coefficient (Wildman–Crippen LogP) is 1.67. The van der Waals surface area contributed by atoms with Crippen LogP contribution in [0.25, 0.3) is 0 Å². The number of ether oxygens (including phenoxy) is 1. The van der Waals surface area contributed by atoms with E-state index in [4.69, 9.17) is 10.5 Å². The predicted molar refractivity (Wildman–Crippen MR) is 71.6 cm³/mol. The first-order chi connectivity index (χ1) is 8.54. The number of carbonyl (C=O) groups is 1. The number of nitrogens with zero attached hydrogens (tertiary/aromatic N) is 1. The van der Waals surface area contributed by atoms with Crippen LogP contribution in [0.1, 0.15) is 25.7 Å². The monoisotopic (exact) mass is 300 g/mol.